The van der Waals surface area contributed by atoms with E-state index in [1.807, 2.05) is 0 Å². The molecule has 0 aliphatic rings. The smallest absolute Gasteiger partial charge is 0.271 e. The average molecular weight is 455 g/mol. The van der Waals surface area contributed by atoms with Crippen LogP contribution in [0.2, 0.25) is 10.0 Å². The maximum atomic E-state index is 12.5. The van der Waals surface area contributed by atoms with Crippen molar-refractivity contribution >= 4 is 52.1 Å². The molecular weight excluding hydrogens is 435 g/mol. The zero-order valence-electron chi connectivity index (χ0n) is 16.4. The quantitative estimate of drug-likeness (QED) is 0.462. The van der Waals surface area contributed by atoms with Crippen molar-refractivity contribution in [2.24, 2.45) is 0 Å². The molecule has 0 aromatic heterocycles. The third kappa shape index (κ3) is 6.06. The Kier molecular flexibility index (Phi) is 7.99. The van der Waals surface area contributed by atoms with E-state index in [0.717, 1.165) is 6.07 Å². The molecule has 0 spiro atoms. The Bertz CT molecular complexity index is 970. The van der Waals surface area contributed by atoms with Gasteiger partial charge in [0.05, 0.1) is 41.0 Å². The van der Waals surface area contributed by atoms with E-state index in [-0.39, 0.29) is 28.8 Å². The van der Waals surface area contributed by atoms with Crippen LogP contribution in [0.25, 0.3) is 0 Å². The van der Waals surface area contributed by atoms with Crippen LogP contribution in [0.4, 0.5) is 17.1 Å². The van der Waals surface area contributed by atoms with Crippen molar-refractivity contribution in [2.75, 3.05) is 31.3 Å². The summed E-state index contributed by atoms with van der Waals surface area (Å²) < 4.78 is 5.19. The van der Waals surface area contributed by atoms with Crippen molar-refractivity contribution in [2.45, 2.75) is 13.0 Å². The molecule has 0 saturated carbocycles. The van der Waals surface area contributed by atoms with Gasteiger partial charge in [0.25, 0.3) is 5.69 Å². The fourth-order valence-electron chi connectivity index (χ4n) is 2.49. The SMILES string of the molecule is COc1ccc(Cl)cc1NC(=O)CN(C)[C@H](C)C(=O)Nc1ccc([N+](=O)[O-])cc1Cl. The number of likely N-dealkylation sites (N-methyl/N-ethyl adjacent to an activating group) is 1. The van der Waals surface area contributed by atoms with Gasteiger partial charge in [0.15, 0.2) is 0 Å². The maximum Gasteiger partial charge on any atom is 0.271 e. The Morgan fingerprint density at radius 1 is 1.17 bits per heavy atom. The van der Waals surface area contributed by atoms with Crippen LogP contribution in [0.15, 0.2) is 36.4 Å². The second-order valence-electron chi connectivity index (χ2n) is 6.39. The lowest BCUT2D eigenvalue weighted by molar-refractivity contribution is -0.384. The van der Waals surface area contributed by atoms with Crippen molar-refractivity contribution < 1.29 is 19.2 Å². The molecule has 0 saturated heterocycles. The molecule has 0 aliphatic carbocycles. The Balaban J connectivity index is 1.99. The second kappa shape index (κ2) is 10.2. The topological polar surface area (TPSA) is 114 Å². The van der Waals surface area contributed by atoms with Gasteiger partial charge in [0.1, 0.15) is 5.75 Å². The van der Waals surface area contributed by atoms with Gasteiger partial charge in [-0.25, -0.2) is 0 Å². The number of nitrogens with one attached hydrogen (secondary N) is 2. The van der Waals surface area contributed by atoms with Crippen LogP contribution in [0, 0.1) is 10.1 Å². The molecule has 0 aliphatic heterocycles. The molecule has 2 aromatic rings. The molecule has 2 N–H and O–H groups in total. The number of non-ortho nitro benzene ring substituents is 1. The molecule has 2 rings (SSSR count). The van der Waals surface area contributed by atoms with E-state index in [9.17, 15) is 19.7 Å². The van der Waals surface area contributed by atoms with Gasteiger partial charge in [-0.15, -0.1) is 0 Å². The van der Waals surface area contributed by atoms with E-state index in [2.05, 4.69) is 10.6 Å². The minimum absolute atomic E-state index is 0.0400. The molecule has 0 unspecified atom stereocenters. The Labute approximate surface area is 183 Å². The maximum absolute atomic E-state index is 12.5. The molecule has 1 atom stereocenters. The first-order valence-electron chi connectivity index (χ1n) is 8.70. The normalized spacial score (nSPS) is 11.7. The number of carbonyl (C=O) groups excluding carboxylic acids is 2. The Hall–Kier alpha value is -2.88. The van der Waals surface area contributed by atoms with Crippen molar-refractivity contribution in [3.63, 3.8) is 0 Å². The molecule has 0 fully saturated rings. The van der Waals surface area contributed by atoms with Crippen molar-refractivity contribution in [3.05, 3.63) is 56.6 Å². The molecule has 0 heterocycles. The standard InChI is InChI=1S/C19H20Cl2N4O5/c1-11(19(27)23-15-6-5-13(25(28)29)9-14(15)21)24(2)10-18(26)22-16-8-12(20)4-7-17(16)30-3/h4-9,11H,10H2,1-3H3,(H,22,26)(H,23,27)/t11-/m1/s1. The predicted octanol–water partition coefficient (Wildman–Crippen LogP) is 3.81. The minimum Gasteiger partial charge on any atom is -0.495 e. The third-order valence-electron chi connectivity index (χ3n) is 4.29. The van der Waals surface area contributed by atoms with Crippen LogP contribution in [0.3, 0.4) is 0 Å². The van der Waals surface area contributed by atoms with Crippen molar-refractivity contribution in [1.82, 2.24) is 4.90 Å². The third-order valence-corrected chi connectivity index (χ3v) is 4.84. The number of ether oxygens (including phenoxy) is 1. The van der Waals surface area contributed by atoms with Crippen molar-refractivity contribution in [3.8, 4) is 5.75 Å². The largest absolute Gasteiger partial charge is 0.495 e. The fourth-order valence-corrected chi connectivity index (χ4v) is 2.88. The number of hydrogen-bond donors (Lipinski definition) is 2. The Morgan fingerprint density at radius 2 is 1.87 bits per heavy atom. The van der Waals surface area contributed by atoms with E-state index in [1.165, 1.54) is 24.1 Å². The number of methoxy groups -OCH3 is 1. The molecule has 2 aromatic carbocycles. The molecule has 0 bridgehead atoms. The molecular formula is C19H20Cl2N4O5. The number of nitro groups is 1. The summed E-state index contributed by atoms with van der Waals surface area (Å²) in [6, 6.07) is 7.87. The van der Waals surface area contributed by atoms with E-state index in [4.69, 9.17) is 27.9 Å². The van der Waals surface area contributed by atoms with Gasteiger partial charge < -0.3 is 15.4 Å². The monoisotopic (exact) mass is 454 g/mol. The zero-order chi connectivity index (χ0) is 22.4. The number of rotatable bonds is 8. The van der Waals surface area contributed by atoms with E-state index >= 15 is 0 Å². The van der Waals surface area contributed by atoms with Gasteiger partial charge >= 0.3 is 0 Å². The molecule has 11 heteroatoms. The number of benzene rings is 2. The highest BCUT2D eigenvalue weighted by Gasteiger charge is 2.22. The summed E-state index contributed by atoms with van der Waals surface area (Å²) >= 11 is 12.0. The summed E-state index contributed by atoms with van der Waals surface area (Å²) in [6.07, 6.45) is 0. The number of amides is 2. The number of nitro benzene ring substituents is 1. The summed E-state index contributed by atoms with van der Waals surface area (Å²) in [4.78, 5) is 36.6. The minimum atomic E-state index is -0.691. The second-order valence-corrected chi connectivity index (χ2v) is 7.24. The van der Waals surface area contributed by atoms with Crippen LogP contribution in [0.5, 0.6) is 5.75 Å². The first kappa shape index (κ1) is 23.4. The molecule has 30 heavy (non-hydrogen) atoms. The number of anilines is 2. The van der Waals surface area contributed by atoms with Gasteiger partial charge in [-0.2, -0.15) is 0 Å². The molecule has 9 nitrogen and oxygen atoms in total. The van der Waals surface area contributed by atoms with Gasteiger partial charge in [-0.3, -0.25) is 24.6 Å². The highest BCUT2D eigenvalue weighted by molar-refractivity contribution is 6.34. The summed E-state index contributed by atoms with van der Waals surface area (Å²) in [5, 5.41) is 16.6. The predicted molar refractivity (Wildman–Crippen MR) is 115 cm³/mol. The number of hydrogen-bond acceptors (Lipinski definition) is 6. The van der Waals surface area contributed by atoms with Crippen LogP contribution < -0.4 is 15.4 Å². The lowest BCUT2D eigenvalue weighted by atomic mass is 10.2. The van der Waals surface area contributed by atoms with Crippen LogP contribution in [0.1, 0.15) is 6.92 Å². The first-order chi connectivity index (χ1) is 14.1. The van der Waals surface area contributed by atoms with Gasteiger partial charge in [-0.05, 0) is 38.2 Å². The summed E-state index contributed by atoms with van der Waals surface area (Å²) in [5.74, 6) is -0.346. The highest BCUT2D eigenvalue weighted by atomic mass is 35.5. The van der Waals surface area contributed by atoms with Crippen LogP contribution in [-0.2, 0) is 9.59 Å². The summed E-state index contributed by atoms with van der Waals surface area (Å²) in [5.41, 5.74) is 0.468. The molecule has 0 radical (unpaired) electrons. The molecule has 160 valence electrons. The number of halogens is 2. The number of carbonyl (C=O) groups is 2. The zero-order valence-corrected chi connectivity index (χ0v) is 18.0. The molecule has 2 amide bonds. The average Bonchev–Trinajstić information content (AvgIpc) is 2.68. The van der Waals surface area contributed by atoms with E-state index in [1.54, 1.807) is 32.2 Å². The lowest BCUT2D eigenvalue weighted by Gasteiger charge is -2.23. The van der Waals surface area contributed by atoms with Gasteiger partial charge in [0, 0.05) is 17.2 Å². The van der Waals surface area contributed by atoms with Crippen LogP contribution in [-0.4, -0.2) is 48.4 Å². The summed E-state index contributed by atoms with van der Waals surface area (Å²) in [7, 11) is 3.08. The fraction of sp³-hybridized carbons (Fsp3) is 0.263. The summed E-state index contributed by atoms with van der Waals surface area (Å²) in [6.45, 7) is 1.53. The highest BCUT2D eigenvalue weighted by Crippen LogP contribution is 2.28. The lowest BCUT2D eigenvalue weighted by Crippen LogP contribution is -2.43. The first-order valence-corrected chi connectivity index (χ1v) is 9.46. The van der Waals surface area contributed by atoms with E-state index < -0.39 is 16.9 Å². The Morgan fingerprint density at radius 3 is 2.47 bits per heavy atom. The van der Waals surface area contributed by atoms with Gasteiger partial charge in [0.2, 0.25) is 11.8 Å². The number of nitrogens with zero attached hydrogens (tertiary/aromatic N) is 2. The van der Waals surface area contributed by atoms with Gasteiger partial charge in [-0.1, -0.05) is 23.2 Å². The van der Waals surface area contributed by atoms with E-state index in [0.29, 0.717) is 16.5 Å². The van der Waals surface area contributed by atoms with Crippen molar-refractivity contribution in [1.29, 1.82) is 0 Å². The van der Waals surface area contributed by atoms with Crippen LogP contribution >= 0.6 is 23.2 Å².